The van der Waals surface area contributed by atoms with Crippen molar-refractivity contribution >= 4 is 23.8 Å². The van der Waals surface area contributed by atoms with Crippen LogP contribution in [-0.4, -0.2) is 19.0 Å². The number of rotatable bonds is 4. The second-order valence-electron chi connectivity index (χ2n) is 4.21. The molecule has 2 aromatic rings. The van der Waals surface area contributed by atoms with Gasteiger partial charge in [0.2, 0.25) is 0 Å². The number of anilines is 1. The number of furan rings is 1. The molecule has 1 aromatic carbocycles. The molecule has 0 saturated carbocycles. The Morgan fingerprint density at radius 1 is 1.27 bits per heavy atom. The molecule has 0 radical (unpaired) electrons. The summed E-state index contributed by atoms with van der Waals surface area (Å²) in [5.41, 5.74) is 0.916. The van der Waals surface area contributed by atoms with Gasteiger partial charge in [-0.3, -0.25) is 10.1 Å². The third kappa shape index (κ3) is 3.61. The number of methoxy groups -OCH3 is 1. The average molecular weight is 296 g/mol. The minimum Gasteiger partial charge on any atom is -0.465 e. The molecule has 1 aromatic heterocycles. The number of hydrogen-bond donors (Lipinski definition) is 1. The Kier molecular flexibility index (Phi) is 4.73. The number of nitrogens with zero attached hydrogens (tertiary/aromatic N) is 1. The van der Waals surface area contributed by atoms with Gasteiger partial charge in [-0.1, -0.05) is 12.1 Å². The first-order valence-corrected chi connectivity index (χ1v) is 6.29. The zero-order valence-corrected chi connectivity index (χ0v) is 11.7. The standard InChI is InChI=1S/C16H12N2O4/c1-21-16(20)12-6-4-11(5-7-12)9-13(10-17)15(19)18-14-3-2-8-22-14/h2-9H,1H3,(H,18,19)/b13-9+. The third-order valence-electron chi connectivity index (χ3n) is 2.77. The lowest BCUT2D eigenvalue weighted by molar-refractivity contribution is -0.112. The maximum absolute atomic E-state index is 11.9. The van der Waals surface area contributed by atoms with Gasteiger partial charge in [0.05, 0.1) is 18.9 Å². The van der Waals surface area contributed by atoms with E-state index in [9.17, 15) is 9.59 Å². The van der Waals surface area contributed by atoms with Crippen LogP contribution in [-0.2, 0) is 9.53 Å². The first kappa shape index (κ1) is 15.1. The number of carbonyl (C=O) groups excluding carboxylic acids is 2. The summed E-state index contributed by atoms with van der Waals surface area (Å²) in [5, 5.41) is 11.5. The largest absolute Gasteiger partial charge is 0.465 e. The Hall–Kier alpha value is -3.33. The number of nitriles is 1. The SMILES string of the molecule is COC(=O)c1ccc(/C=C(\C#N)C(=O)Nc2ccco2)cc1. The van der Waals surface area contributed by atoms with Crippen LogP contribution in [0.15, 0.2) is 52.7 Å². The molecule has 0 bridgehead atoms. The van der Waals surface area contributed by atoms with E-state index >= 15 is 0 Å². The van der Waals surface area contributed by atoms with E-state index in [1.807, 2.05) is 6.07 Å². The second kappa shape index (κ2) is 6.90. The molecule has 22 heavy (non-hydrogen) atoms. The summed E-state index contributed by atoms with van der Waals surface area (Å²) in [5.74, 6) is -0.770. The van der Waals surface area contributed by atoms with Gasteiger partial charge < -0.3 is 9.15 Å². The van der Waals surface area contributed by atoms with Crippen molar-refractivity contribution in [2.24, 2.45) is 0 Å². The number of amides is 1. The van der Waals surface area contributed by atoms with E-state index in [0.717, 1.165) is 0 Å². The van der Waals surface area contributed by atoms with Crippen LogP contribution in [0, 0.1) is 11.3 Å². The molecule has 0 unspecified atom stereocenters. The Labute approximate surface area is 126 Å². The highest BCUT2D eigenvalue weighted by Crippen LogP contribution is 2.12. The van der Waals surface area contributed by atoms with Crippen LogP contribution < -0.4 is 5.32 Å². The summed E-state index contributed by atoms with van der Waals surface area (Å²) in [6.07, 6.45) is 2.83. The summed E-state index contributed by atoms with van der Waals surface area (Å²) in [7, 11) is 1.29. The van der Waals surface area contributed by atoms with E-state index in [4.69, 9.17) is 9.68 Å². The van der Waals surface area contributed by atoms with Crippen LogP contribution in [0.25, 0.3) is 6.08 Å². The summed E-state index contributed by atoms with van der Waals surface area (Å²) >= 11 is 0. The molecule has 6 nitrogen and oxygen atoms in total. The molecule has 0 aliphatic carbocycles. The molecule has 0 saturated heterocycles. The zero-order chi connectivity index (χ0) is 15.9. The van der Waals surface area contributed by atoms with Crippen LogP contribution in [0.4, 0.5) is 5.88 Å². The lowest BCUT2D eigenvalue weighted by Crippen LogP contribution is -2.12. The number of benzene rings is 1. The zero-order valence-electron chi connectivity index (χ0n) is 11.7. The number of carbonyl (C=O) groups is 2. The van der Waals surface area contributed by atoms with Crippen molar-refractivity contribution in [3.63, 3.8) is 0 Å². The van der Waals surface area contributed by atoms with Crippen molar-refractivity contribution < 1.29 is 18.7 Å². The molecule has 110 valence electrons. The van der Waals surface area contributed by atoms with Crippen molar-refractivity contribution in [2.45, 2.75) is 0 Å². The van der Waals surface area contributed by atoms with Gasteiger partial charge in [-0.05, 0) is 29.8 Å². The first-order valence-electron chi connectivity index (χ1n) is 6.29. The number of hydrogen-bond acceptors (Lipinski definition) is 5. The fraction of sp³-hybridized carbons (Fsp3) is 0.0625. The van der Waals surface area contributed by atoms with Crippen molar-refractivity contribution in [1.29, 1.82) is 5.26 Å². The van der Waals surface area contributed by atoms with Gasteiger partial charge in [0.25, 0.3) is 5.91 Å². The summed E-state index contributed by atoms with van der Waals surface area (Å²) in [4.78, 5) is 23.3. The molecule has 2 rings (SSSR count). The summed E-state index contributed by atoms with van der Waals surface area (Å²) in [6, 6.07) is 11.4. The molecule has 0 fully saturated rings. The molecule has 1 N–H and O–H groups in total. The fourth-order valence-corrected chi connectivity index (χ4v) is 1.68. The van der Waals surface area contributed by atoms with Gasteiger partial charge in [-0.2, -0.15) is 5.26 Å². The smallest absolute Gasteiger partial charge is 0.337 e. The van der Waals surface area contributed by atoms with Crippen LogP contribution >= 0.6 is 0 Å². The monoisotopic (exact) mass is 296 g/mol. The third-order valence-corrected chi connectivity index (χ3v) is 2.77. The van der Waals surface area contributed by atoms with Gasteiger partial charge in [0.1, 0.15) is 11.6 Å². The molecule has 0 aliphatic rings. The molecule has 0 atom stereocenters. The Bertz CT molecular complexity index is 737. The molecular formula is C16H12N2O4. The second-order valence-corrected chi connectivity index (χ2v) is 4.21. The highest BCUT2D eigenvalue weighted by molar-refractivity contribution is 6.09. The van der Waals surface area contributed by atoms with Gasteiger partial charge in [-0.25, -0.2) is 4.79 Å². The van der Waals surface area contributed by atoms with Crippen LogP contribution in [0.1, 0.15) is 15.9 Å². The minimum atomic E-state index is -0.575. The summed E-state index contributed by atoms with van der Waals surface area (Å²) in [6.45, 7) is 0. The van der Waals surface area contributed by atoms with Gasteiger partial charge >= 0.3 is 5.97 Å². The predicted octanol–water partition coefficient (Wildman–Crippen LogP) is 2.61. The average Bonchev–Trinajstić information content (AvgIpc) is 3.05. The molecule has 6 heteroatoms. The molecule has 1 amide bonds. The van der Waals surface area contributed by atoms with E-state index in [0.29, 0.717) is 11.1 Å². The Balaban J connectivity index is 2.16. The van der Waals surface area contributed by atoms with Gasteiger partial charge in [-0.15, -0.1) is 0 Å². The van der Waals surface area contributed by atoms with E-state index in [1.54, 1.807) is 36.4 Å². The van der Waals surface area contributed by atoms with Gasteiger partial charge in [0.15, 0.2) is 5.88 Å². The van der Waals surface area contributed by atoms with E-state index < -0.39 is 11.9 Å². The summed E-state index contributed by atoms with van der Waals surface area (Å²) < 4.78 is 9.58. The van der Waals surface area contributed by atoms with Crippen LogP contribution in [0.5, 0.6) is 0 Å². The Morgan fingerprint density at radius 2 is 2.00 bits per heavy atom. The number of esters is 1. The Morgan fingerprint density at radius 3 is 2.55 bits per heavy atom. The van der Waals surface area contributed by atoms with E-state index in [2.05, 4.69) is 10.1 Å². The molecule has 1 heterocycles. The van der Waals surface area contributed by atoms with E-state index in [-0.39, 0.29) is 11.5 Å². The van der Waals surface area contributed by atoms with Crippen molar-refractivity contribution in [3.8, 4) is 6.07 Å². The normalized spacial score (nSPS) is 10.6. The van der Waals surface area contributed by atoms with Gasteiger partial charge in [0, 0.05) is 6.07 Å². The van der Waals surface area contributed by atoms with Crippen LogP contribution in [0.3, 0.4) is 0 Å². The minimum absolute atomic E-state index is 0.0813. The number of ether oxygens (including phenoxy) is 1. The lowest BCUT2D eigenvalue weighted by Gasteiger charge is -2.02. The lowest BCUT2D eigenvalue weighted by atomic mass is 10.1. The molecule has 0 aliphatic heterocycles. The van der Waals surface area contributed by atoms with Crippen molar-refractivity contribution in [3.05, 3.63) is 59.4 Å². The molecule has 0 spiro atoms. The maximum Gasteiger partial charge on any atom is 0.337 e. The quantitative estimate of drug-likeness (QED) is 0.532. The maximum atomic E-state index is 11.9. The topological polar surface area (TPSA) is 92.3 Å². The predicted molar refractivity (Wildman–Crippen MR) is 78.7 cm³/mol. The van der Waals surface area contributed by atoms with Crippen LogP contribution in [0.2, 0.25) is 0 Å². The highest BCUT2D eigenvalue weighted by Gasteiger charge is 2.11. The molecular weight excluding hydrogens is 284 g/mol. The first-order chi connectivity index (χ1) is 10.6. The van der Waals surface area contributed by atoms with Crippen molar-refractivity contribution in [1.82, 2.24) is 0 Å². The van der Waals surface area contributed by atoms with Crippen molar-refractivity contribution in [2.75, 3.05) is 12.4 Å². The number of nitrogens with one attached hydrogen (secondary N) is 1. The fourth-order valence-electron chi connectivity index (χ4n) is 1.68. The highest BCUT2D eigenvalue weighted by atomic mass is 16.5. The van der Waals surface area contributed by atoms with E-state index in [1.165, 1.54) is 19.4 Å².